The number of anilines is 1. The molecule has 1 aliphatic rings. The number of aromatic amines is 1. The Morgan fingerprint density at radius 2 is 2.00 bits per heavy atom. The summed E-state index contributed by atoms with van der Waals surface area (Å²) in [7, 11) is 0. The minimum absolute atomic E-state index is 0.237. The third-order valence-corrected chi connectivity index (χ3v) is 3.89. The first-order chi connectivity index (χ1) is 9.49. The average Bonchev–Trinajstić information content (AvgIpc) is 2.87. The Balaban J connectivity index is 2.04. The molecule has 1 aromatic rings. The summed E-state index contributed by atoms with van der Waals surface area (Å²) in [6, 6.07) is 1.79. The standard InChI is InChI=1S/C14H21N3O3/c1-8(2)11-7-12(17-16-11)15-13(18)9-5-3-4-6-10(9)14(19)20/h7-10H,3-6H2,1-2H3,(H,19,20)(H2,15,16,17,18). The van der Waals surface area contributed by atoms with Gasteiger partial charge in [0, 0.05) is 11.8 Å². The molecule has 1 amide bonds. The molecule has 0 spiro atoms. The number of hydrogen-bond donors (Lipinski definition) is 3. The summed E-state index contributed by atoms with van der Waals surface area (Å²) in [6.07, 6.45) is 2.98. The second-order valence-corrected chi connectivity index (χ2v) is 5.69. The molecule has 20 heavy (non-hydrogen) atoms. The van der Waals surface area contributed by atoms with E-state index < -0.39 is 17.8 Å². The molecule has 6 nitrogen and oxygen atoms in total. The molecule has 0 radical (unpaired) electrons. The van der Waals surface area contributed by atoms with E-state index in [0.29, 0.717) is 24.6 Å². The number of carbonyl (C=O) groups is 2. The fraction of sp³-hybridized carbons (Fsp3) is 0.643. The third-order valence-electron chi connectivity index (χ3n) is 3.89. The molecule has 3 N–H and O–H groups in total. The van der Waals surface area contributed by atoms with Crippen LogP contribution in [0.2, 0.25) is 0 Å². The maximum atomic E-state index is 12.2. The summed E-state index contributed by atoms with van der Waals surface area (Å²) < 4.78 is 0. The van der Waals surface area contributed by atoms with Gasteiger partial charge in [0.1, 0.15) is 0 Å². The smallest absolute Gasteiger partial charge is 0.307 e. The van der Waals surface area contributed by atoms with Crippen molar-refractivity contribution in [3.63, 3.8) is 0 Å². The van der Waals surface area contributed by atoms with Gasteiger partial charge in [0.05, 0.1) is 11.8 Å². The van der Waals surface area contributed by atoms with Gasteiger partial charge in [0.2, 0.25) is 5.91 Å². The van der Waals surface area contributed by atoms with Crippen molar-refractivity contribution in [3.8, 4) is 0 Å². The van der Waals surface area contributed by atoms with E-state index in [2.05, 4.69) is 15.5 Å². The van der Waals surface area contributed by atoms with E-state index >= 15 is 0 Å². The number of rotatable bonds is 4. The fourth-order valence-corrected chi connectivity index (χ4v) is 2.66. The lowest BCUT2D eigenvalue weighted by Crippen LogP contribution is -2.36. The fourth-order valence-electron chi connectivity index (χ4n) is 2.66. The minimum atomic E-state index is -0.880. The zero-order valence-electron chi connectivity index (χ0n) is 11.8. The van der Waals surface area contributed by atoms with Crippen molar-refractivity contribution in [3.05, 3.63) is 11.8 Å². The van der Waals surface area contributed by atoms with Crippen LogP contribution in [0.5, 0.6) is 0 Å². The van der Waals surface area contributed by atoms with Gasteiger partial charge in [-0.2, -0.15) is 5.10 Å². The van der Waals surface area contributed by atoms with E-state index in [1.807, 2.05) is 13.8 Å². The molecular weight excluding hydrogens is 258 g/mol. The highest BCUT2D eigenvalue weighted by Crippen LogP contribution is 2.31. The maximum absolute atomic E-state index is 12.2. The molecule has 0 bridgehead atoms. The lowest BCUT2D eigenvalue weighted by molar-refractivity contribution is -0.147. The molecule has 2 rings (SSSR count). The van der Waals surface area contributed by atoms with Crippen molar-refractivity contribution in [2.75, 3.05) is 5.32 Å². The monoisotopic (exact) mass is 279 g/mol. The number of carbonyl (C=O) groups excluding carboxylic acids is 1. The summed E-state index contributed by atoms with van der Waals surface area (Å²) in [6.45, 7) is 4.06. The summed E-state index contributed by atoms with van der Waals surface area (Å²) in [5, 5.41) is 18.8. The van der Waals surface area contributed by atoms with Crippen LogP contribution in [0.15, 0.2) is 6.07 Å². The van der Waals surface area contributed by atoms with Crippen LogP contribution in [0.1, 0.15) is 51.1 Å². The molecule has 1 heterocycles. The summed E-state index contributed by atoms with van der Waals surface area (Å²) in [4.78, 5) is 23.4. The van der Waals surface area contributed by atoms with Gasteiger partial charge in [-0.05, 0) is 18.8 Å². The quantitative estimate of drug-likeness (QED) is 0.788. The number of nitrogens with one attached hydrogen (secondary N) is 2. The topological polar surface area (TPSA) is 95.1 Å². The number of H-pyrrole nitrogens is 1. The van der Waals surface area contributed by atoms with E-state index in [9.17, 15) is 14.7 Å². The molecule has 1 saturated carbocycles. The molecule has 0 aromatic carbocycles. The van der Waals surface area contributed by atoms with Crippen LogP contribution in [0.25, 0.3) is 0 Å². The Labute approximate surface area is 118 Å². The van der Waals surface area contributed by atoms with Gasteiger partial charge < -0.3 is 10.4 Å². The molecular formula is C14H21N3O3. The van der Waals surface area contributed by atoms with Gasteiger partial charge in [0.25, 0.3) is 0 Å². The summed E-state index contributed by atoms with van der Waals surface area (Å²) in [5.41, 5.74) is 0.943. The van der Waals surface area contributed by atoms with Crippen molar-refractivity contribution in [1.29, 1.82) is 0 Å². The molecule has 6 heteroatoms. The summed E-state index contributed by atoms with van der Waals surface area (Å²) in [5.74, 6) is -1.38. The Morgan fingerprint density at radius 1 is 1.35 bits per heavy atom. The van der Waals surface area contributed by atoms with Crippen molar-refractivity contribution in [2.24, 2.45) is 11.8 Å². The highest BCUT2D eigenvalue weighted by atomic mass is 16.4. The van der Waals surface area contributed by atoms with Crippen molar-refractivity contribution in [1.82, 2.24) is 10.2 Å². The Hall–Kier alpha value is -1.85. The van der Waals surface area contributed by atoms with Crippen LogP contribution >= 0.6 is 0 Å². The van der Waals surface area contributed by atoms with E-state index in [4.69, 9.17) is 0 Å². The van der Waals surface area contributed by atoms with Crippen LogP contribution in [0, 0.1) is 11.8 Å². The maximum Gasteiger partial charge on any atom is 0.307 e. The third kappa shape index (κ3) is 3.18. The number of carboxylic acids is 1. The average molecular weight is 279 g/mol. The first-order valence-corrected chi connectivity index (χ1v) is 7.08. The second kappa shape index (κ2) is 6.07. The van der Waals surface area contributed by atoms with Crippen LogP contribution in [-0.2, 0) is 9.59 Å². The van der Waals surface area contributed by atoms with Crippen LogP contribution in [0.3, 0.4) is 0 Å². The molecule has 1 fully saturated rings. The Bertz CT molecular complexity index is 496. The van der Waals surface area contributed by atoms with Gasteiger partial charge in [-0.1, -0.05) is 26.7 Å². The van der Waals surface area contributed by atoms with Crippen molar-refractivity contribution < 1.29 is 14.7 Å². The normalized spacial score (nSPS) is 22.8. The highest BCUT2D eigenvalue weighted by Gasteiger charge is 2.35. The van der Waals surface area contributed by atoms with Crippen LogP contribution < -0.4 is 5.32 Å². The predicted molar refractivity (Wildman–Crippen MR) is 74.4 cm³/mol. The van der Waals surface area contributed by atoms with E-state index in [1.54, 1.807) is 6.07 Å². The molecule has 1 aromatic heterocycles. The number of amides is 1. The van der Waals surface area contributed by atoms with Gasteiger partial charge >= 0.3 is 5.97 Å². The first kappa shape index (κ1) is 14.6. The molecule has 0 aliphatic heterocycles. The van der Waals surface area contributed by atoms with E-state index in [-0.39, 0.29) is 5.91 Å². The van der Waals surface area contributed by atoms with Gasteiger partial charge in [-0.15, -0.1) is 0 Å². The predicted octanol–water partition coefficient (Wildman–Crippen LogP) is 2.36. The van der Waals surface area contributed by atoms with Crippen molar-refractivity contribution >= 4 is 17.7 Å². The number of aromatic nitrogens is 2. The lowest BCUT2D eigenvalue weighted by Gasteiger charge is -2.27. The van der Waals surface area contributed by atoms with Crippen molar-refractivity contribution in [2.45, 2.75) is 45.4 Å². The zero-order chi connectivity index (χ0) is 14.7. The molecule has 2 atom stereocenters. The molecule has 0 saturated heterocycles. The number of nitrogens with zero attached hydrogens (tertiary/aromatic N) is 1. The SMILES string of the molecule is CC(C)c1cc(NC(=O)C2CCCCC2C(=O)O)n[nH]1. The van der Waals surface area contributed by atoms with Crippen LogP contribution in [-0.4, -0.2) is 27.2 Å². The number of carboxylic acid groups (broad SMARTS) is 1. The highest BCUT2D eigenvalue weighted by molar-refractivity contribution is 5.94. The number of aliphatic carboxylic acids is 1. The molecule has 2 unspecified atom stereocenters. The van der Waals surface area contributed by atoms with Gasteiger partial charge in [0.15, 0.2) is 5.82 Å². The van der Waals surface area contributed by atoms with E-state index in [0.717, 1.165) is 18.5 Å². The van der Waals surface area contributed by atoms with Gasteiger partial charge in [-0.3, -0.25) is 14.7 Å². The van der Waals surface area contributed by atoms with Crippen LogP contribution in [0.4, 0.5) is 5.82 Å². The second-order valence-electron chi connectivity index (χ2n) is 5.69. The number of hydrogen-bond acceptors (Lipinski definition) is 3. The summed E-state index contributed by atoms with van der Waals surface area (Å²) >= 11 is 0. The lowest BCUT2D eigenvalue weighted by atomic mass is 9.79. The largest absolute Gasteiger partial charge is 0.481 e. The Kier molecular flexibility index (Phi) is 4.42. The molecule has 110 valence electrons. The minimum Gasteiger partial charge on any atom is -0.481 e. The zero-order valence-corrected chi connectivity index (χ0v) is 11.8. The van der Waals surface area contributed by atoms with E-state index in [1.165, 1.54) is 0 Å². The van der Waals surface area contributed by atoms with Gasteiger partial charge in [-0.25, -0.2) is 0 Å². The first-order valence-electron chi connectivity index (χ1n) is 7.08. The Morgan fingerprint density at radius 3 is 2.55 bits per heavy atom. The molecule has 1 aliphatic carbocycles.